The number of ketones is 1. The van der Waals surface area contributed by atoms with Gasteiger partial charge in [0.2, 0.25) is 0 Å². The zero-order valence-corrected chi connectivity index (χ0v) is 18.7. The van der Waals surface area contributed by atoms with E-state index in [0.717, 1.165) is 11.6 Å². The number of non-ortho nitro benzene ring substituents is 1. The second kappa shape index (κ2) is 8.69. The van der Waals surface area contributed by atoms with Crippen LogP contribution in [0.2, 0.25) is 10.0 Å². The number of aliphatic hydroxyl groups is 1. The van der Waals surface area contributed by atoms with E-state index in [1.165, 1.54) is 35.2 Å². The minimum absolute atomic E-state index is 0.0500. The van der Waals surface area contributed by atoms with Gasteiger partial charge < -0.3 is 5.11 Å². The van der Waals surface area contributed by atoms with Gasteiger partial charge in [-0.15, -0.1) is 0 Å². The summed E-state index contributed by atoms with van der Waals surface area (Å²) in [7, 11) is 0. The zero-order chi connectivity index (χ0) is 23.9. The highest BCUT2D eigenvalue weighted by Crippen LogP contribution is 2.43. The van der Waals surface area contributed by atoms with E-state index in [-0.39, 0.29) is 26.9 Å². The summed E-state index contributed by atoms with van der Waals surface area (Å²) in [5, 5.41) is 22.7. The van der Waals surface area contributed by atoms with Crippen molar-refractivity contribution in [2.75, 3.05) is 4.90 Å². The molecule has 0 aromatic heterocycles. The Kier molecular flexibility index (Phi) is 5.93. The lowest BCUT2D eigenvalue weighted by Crippen LogP contribution is -2.29. The van der Waals surface area contributed by atoms with E-state index in [1.54, 1.807) is 24.3 Å². The molecule has 3 aromatic carbocycles. The van der Waals surface area contributed by atoms with Crippen LogP contribution in [-0.4, -0.2) is 21.7 Å². The van der Waals surface area contributed by atoms with Crippen molar-refractivity contribution in [2.24, 2.45) is 0 Å². The molecule has 1 fully saturated rings. The number of aryl methyl sites for hydroxylation is 1. The highest BCUT2D eigenvalue weighted by Gasteiger charge is 2.47. The first-order chi connectivity index (χ1) is 15.7. The highest BCUT2D eigenvalue weighted by atomic mass is 35.5. The number of hydrogen-bond donors (Lipinski definition) is 1. The summed E-state index contributed by atoms with van der Waals surface area (Å²) in [5.41, 5.74) is 1.38. The summed E-state index contributed by atoms with van der Waals surface area (Å²) in [6.45, 7) is 1.86. The standard InChI is InChI=1S/C24H16Cl2N2O5/c1-13-4-2-5-14(10-13)21-20(22(29)15-6-3-7-17(11-15)28(32)33)23(30)24(31)27(21)16-8-9-18(25)19(26)12-16/h2-12,21,29H,1H3/b22-20+. The quantitative estimate of drug-likeness (QED) is 0.165. The fourth-order valence-electron chi connectivity index (χ4n) is 3.81. The zero-order valence-electron chi connectivity index (χ0n) is 17.2. The number of nitro benzene ring substituents is 1. The molecule has 1 N–H and O–H groups in total. The number of aliphatic hydroxyl groups excluding tert-OH is 1. The third-order valence-corrected chi connectivity index (χ3v) is 6.05. The van der Waals surface area contributed by atoms with Gasteiger partial charge >= 0.3 is 0 Å². The molecule has 0 spiro atoms. The molecule has 33 heavy (non-hydrogen) atoms. The second-order valence-corrected chi connectivity index (χ2v) is 8.30. The Labute approximate surface area is 198 Å². The van der Waals surface area contributed by atoms with Crippen LogP contribution in [0.15, 0.2) is 72.3 Å². The molecule has 1 amide bonds. The number of anilines is 1. The van der Waals surface area contributed by atoms with Crippen LogP contribution in [0, 0.1) is 17.0 Å². The summed E-state index contributed by atoms with van der Waals surface area (Å²) in [4.78, 5) is 38.1. The molecule has 1 heterocycles. The first-order valence-electron chi connectivity index (χ1n) is 9.76. The van der Waals surface area contributed by atoms with Crippen LogP contribution in [-0.2, 0) is 9.59 Å². The molecule has 1 atom stereocenters. The van der Waals surface area contributed by atoms with Crippen molar-refractivity contribution in [2.45, 2.75) is 13.0 Å². The van der Waals surface area contributed by atoms with E-state index in [2.05, 4.69) is 0 Å². The van der Waals surface area contributed by atoms with E-state index < -0.39 is 28.4 Å². The fourth-order valence-corrected chi connectivity index (χ4v) is 4.10. The van der Waals surface area contributed by atoms with Gasteiger partial charge in [0.15, 0.2) is 0 Å². The van der Waals surface area contributed by atoms with E-state index >= 15 is 0 Å². The molecule has 166 valence electrons. The van der Waals surface area contributed by atoms with Crippen LogP contribution >= 0.6 is 23.2 Å². The maximum atomic E-state index is 13.1. The van der Waals surface area contributed by atoms with Gasteiger partial charge in [-0.1, -0.05) is 65.2 Å². The minimum atomic E-state index is -0.985. The predicted octanol–water partition coefficient (Wildman–Crippen LogP) is 5.84. The number of nitro groups is 1. The number of Topliss-reactive ketones (excluding diaryl/α,β-unsaturated/α-hetero) is 1. The third-order valence-electron chi connectivity index (χ3n) is 5.31. The van der Waals surface area contributed by atoms with Crippen molar-refractivity contribution in [1.29, 1.82) is 0 Å². The van der Waals surface area contributed by atoms with Crippen molar-refractivity contribution in [1.82, 2.24) is 0 Å². The molecule has 3 aromatic rings. The van der Waals surface area contributed by atoms with Gasteiger partial charge in [0.1, 0.15) is 5.76 Å². The number of hydrogen-bond acceptors (Lipinski definition) is 5. The average molecular weight is 483 g/mol. The lowest BCUT2D eigenvalue weighted by Gasteiger charge is -2.26. The first kappa shape index (κ1) is 22.5. The predicted molar refractivity (Wildman–Crippen MR) is 126 cm³/mol. The van der Waals surface area contributed by atoms with Crippen molar-refractivity contribution >= 4 is 52.0 Å². The van der Waals surface area contributed by atoms with E-state index in [1.807, 2.05) is 13.0 Å². The van der Waals surface area contributed by atoms with Crippen LogP contribution in [0.4, 0.5) is 11.4 Å². The summed E-state index contributed by atoms with van der Waals surface area (Å²) >= 11 is 12.2. The minimum Gasteiger partial charge on any atom is -0.507 e. The molecule has 4 rings (SSSR count). The van der Waals surface area contributed by atoms with Crippen LogP contribution in [0.25, 0.3) is 5.76 Å². The Bertz CT molecular complexity index is 1350. The molecule has 0 aliphatic carbocycles. The van der Waals surface area contributed by atoms with Gasteiger partial charge in [0.05, 0.1) is 26.6 Å². The van der Waals surface area contributed by atoms with Crippen LogP contribution in [0.5, 0.6) is 0 Å². The van der Waals surface area contributed by atoms with Crippen LogP contribution in [0.3, 0.4) is 0 Å². The van der Waals surface area contributed by atoms with Crippen molar-refractivity contribution in [3.63, 3.8) is 0 Å². The van der Waals surface area contributed by atoms with E-state index in [0.29, 0.717) is 11.3 Å². The van der Waals surface area contributed by atoms with Gasteiger partial charge in [-0.25, -0.2) is 0 Å². The monoisotopic (exact) mass is 482 g/mol. The van der Waals surface area contributed by atoms with Gasteiger partial charge in [0.25, 0.3) is 17.4 Å². The molecule has 1 saturated heterocycles. The van der Waals surface area contributed by atoms with Crippen LogP contribution < -0.4 is 4.90 Å². The number of halogens is 2. The Balaban J connectivity index is 1.97. The van der Waals surface area contributed by atoms with E-state index in [9.17, 15) is 24.8 Å². The Morgan fingerprint density at radius 1 is 1.00 bits per heavy atom. The lowest BCUT2D eigenvalue weighted by molar-refractivity contribution is -0.384. The van der Waals surface area contributed by atoms with Crippen molar-refractivity contribution in [3.05, 3.63) is 109 Å². The molecule has 1 aliphatic heterocycles. The normalized spacial score (nSPS) is 17.4. The number of nitrogens with zero attached hydrogens (tertiary/aromatic N) is 2. The largest absolute Gasteiger partial charge is 0.507 e. The molecule has 0 bridgehead atoms. The third kappa shape index (κ3) is 4.08. The maximum absolute atomic E-state index is 13.1. The number of carbonyl (C=O) groups excluding carboxylic acids is 2. The number of amides is 1. The second-order valence-electron chi connectivity index (χ2n) is 7.49. The Hall–Kier alpha value is -3.68. The Morgan fingerprint density at radius 2 is 1.73 bits per heavy atom. The number of carbonyl (C=O) groups is 2. The number of benzene rings is 3. The average Bonchev–Trinajstić information content (AvgIpc) is 3.06. The summed E-state index contributed by atoms with van der Waals surface area (Å²) in [5.74, 6) is -2.30. The van der Waals surface area contributed by atoms with Crippen LogP contribution in [0.1, 0.15) is 22.7 Å². The van der Waals surface area contributed by atoms with Gasteiger partial charge in [-0.3, -0.25) is 24.6 Å². The SMILES string of the molecule is Cc1cccc(C2/C(=C(\O)c3cccc([N+](=O)[O-])c3)C(=O)C(=O)N2c2ccc(Cl)c(Cl)c2)c1. The smallest absolute Gasteiger partial charge is 0.300 e. The van der Waals surface area contributed by atoms with Gasteiger partial charge in [0, 0.05) is 23.4 Å². The summed E-state index contributed by atoms with van der Waals surface area (Å²) < 4.78 is 0. The molecule has 7 nitrogen and oxygen atoms in total. The molecule has 0 saturated carbocycles. The van der Waals surface area contributed by atoms with Crippen molar-refractivity contribution in [3.8, 4) is 0 Å². The topological polar surface area (TPSA) is 101 Å². The fraction of sp³-hybridized carbons (Fsp3) is 0.0833. The molecular weight excluding hydrogens is 467 g/mol. The maximum Gasteiger partial charge on any atom is 0.300 e. The molecule has 1 aliphatic rings. The number of rotatable bonds is 4. The molecule has 9 heteroatoms. The summed E-state index contributed by atoms with van der Waals surface area (Å²) in [6.07, 6.45) is 0. The Morgan fingerprint density at radius 3 is 2.39 bits per heavy atom. The first-order valence-corrected chi connectivity index (χ1v) is 10.5. The van der Waals surface area contributed by atoms with E-state index in [4.69, 9.17) is 23.2 Å². The summed E-state index contributed by atoms with van der Waals surface area (Å²) in [6, 6.07) is 15.9. The lowest BCUT2D eigenvalue weighted by atomic mass is 9.94. The highest BCUT2D eigenvalue weighted by molar-refractivity contribution is 6.52. The van der Waals surface area contributed by atoms with Crippen molar-refractivity contribution < 1.29 is 19.6 Å². The molecule has 0 radical (unpaired) electrons. The van der Waals surface area contributed by atoms with Gasteiger partial charge in [-0.2, -0.15) is 0 Å². The molecule has 1 unspecified atom stereocenters. The van der Waals surface area contributed by atoms with Gasteiger partial charge in [-0.05, 0) is 30.7 Å². The molecular formula is C24H16Cl2N2O5.